The fraction of sp³-hybridized carbons (Fsp3) is 0.500. The van der Waals surface area contributed by atoms with Crippen LogP contribution in [0.25, 0.3) is 0 Å². The quantitative estimate of drug-likeness (QED) is 0.157. The average Bonchev–Trinajstić information content (AvgIpc) is 2.71. The van der Waals surface area contributed by atoms with Crippen LogP contribution in [0.2, 0.25) is 0 Å². The molecule has 37 heavy (non-hydrogen) atoms. The molecule has 0 aliphatic rings. The van der Waals surface area contributed by atoms with Crippen LogP contribution in [0.3, 0.4) is 0 Å². The van der Waals surface area contributed by atoms with Crippen molar-refractivity contribution < 1.29 is 78.0 Å². The van der Waals surface area contributed by atoms with E-state index in [4.69, 9.17) is 0 Å². The predicted octanol–water partition coefficient (Wildman–Crippen LogP) is 3.95. The molecule has 2 rings (SSSR count). The second kappa shape index (κ2) is 22.7. The van der Waals surface area contributed by atoms with Gasteiger partial charge in [0.1, 0.15) is 21.9 Å². The van der Waals surface area contributed by atoms with Crippen molar-refractivity contribution in [1.82, 2.24) is 0 Å². The summed E-state index contributed by atoms with van der Waals surface area (Å²) in [5.74, 6) is 0. The van der Waals surface area contributed by atoms with E-state index in [2.05, 4.69) is 64.3 Å². The van der Waals surface area contributed by atoms with Gasteiger partial charge in [-0.25, -0.2) is 0 Å². The maximum absolute atomic E-state index is 11.2. The number of aryl methyl sites for hydroxylation is 2. The Bertz CT molecular complexity index is 933. The van der Waals surface area contributed by atoms with Crippen molar-refractivity contribution >= 4 is 57.8 Å². The van der Waals surface area contributed by atoms with E-state index in [0.717, 1.165) is 94.2 Å². The number of hydrogen-bond acceptors (Lipinski definition) is 6. The molecule has 0 spiro atoms. The molecule has 192 valence electrons. The Kier molecular flexibility index (Phi) is 26.8. The first kappa shape index (κ1) is 43.6. The SMILES string of the molecule is CCCc1cccc([S+]=P([O-])([O-])[S-])c1CCC.CCCc1cccc([S+]=P([O-])([O-])[S-])c1CCC.[Zn+2].[Zn+2].[Zn+2]. The first-order valence-electron chi connectivity index (χ1n) is 11.6. The fourth-order valence-electron chi connectivity index (χ4n) is 3.71. The summed E-state index contributed by atoms with van der Waals surface area (Å²) in [5.41, 5.74) is -2.64. The molecule has 4 nitrogen and oxygen atoms in total. The summed E-state index contributed by atoms with van der Waals surface area (Å²) < 4.78 is 0. The topological polar surface area (TPSA) is 92.2 Å². The van der Waals surface area contributed by atoms with E-state index in [9.17, 15) is 19.6 Å². The molecule has 0 heterocycles. The summed E-state index contributed by atoms with van der Waals surface area (Å²) in [6, 6.07) is 11.7. The molecule has 0 aliphatic heterocycles. The average molecular weight is 773 g/mol. The van der Waals surface area contributed by atoms with Crippen LogP contribution in [0.5, 0.6) is 0 Å². The van der Waals surface area contributed by atoms with E-state index < -0.39 is 11.4 Å². The van der Waals surface area contributed by atoms with Crippen LogP contribution >= 0.6 is 11.4 Å². The normalized spacial score (nSPS) is 10.6. The van der Waals surface area contributed by atoms with Crippen molar-refractivity contribution in [2.75, 3.05) is 0 Å². The monoisotopic (exact) mass is 768 g/mol. The molecule has 13 heteroatoms. The van der Waals surface area contributed by atoms with E-state index in [1.807, 2.05) is 24.3 Å². The standard InChI is InChI=1S/2C12H17O2PS2.3Zn/c2*1-3-6-10-8-5-9-12(11(10)7-4-2)17-15(13,14)16;;;/h2*5,8-9H,3-4,6-7H2,1-2H3;;;/q2*-2;3*+2. The molecule has 0 unspecified atom stereocenters. The molecule has 0 aliphatic carbocycles. The maximum Gasteiger partial charge on any atom is 2.00 e. The fourth-order valence-corrected chi connectivity index (χ4v) is 9.07. The minimum Gasteiger partial charge on any atom is -0.815 e. The van der Waals surface area contributed by atoms with Gasteiger partial charge in [-0.3, -0.25) is 0 Å². The van der Waals surface area contributed by atoms with Gasteiger partial charge in [-0.15, -0.1) is 11.4 Å². The van der Waals surface area contributed by atoms with Crippen LogP contribution in [-0.2, 0) is 130 Å². The van der Waals surface area contributed by atoms with Crippen molar-refractivity contribution in [3.8, 4) is 0 Å². The molecule has 0 fully saturated rings. The van der Waals surface area contributed by atoms with Crippen molar-refractivity contribution in [2.45, 2.75) is 88.9 Å². The number of rotatable bonds is 10. The van der Waals surface area contributed by atoms with Crippen molar-refractivity contribution in [3.63, 3.8) is 0 Å². The molecule has 0 saturated carbocycles. The largest absolute Gasteiger partial charge is 2.00 e. The van der Waals surface area contributed by atoms with Crippen molar-refractivity contribution in [3.05, 3.63) is 58.7 Å². The van der Waals surface area contributed by atoms with Crippen molar-refractivity contribution in [2.24, 2.45) is 0 Å². The molecule has 0 aromatic heterocycles. The Hall–Kier alpha value is 2.15. The summed E-state index contributed by atoms with van der Waals surface area (Å²) in [6.45, 7) is 8.45. The van der Waals surface area contributed by atoms with Gasteiger partial charge in [0, 0.05) is 23.3 Å². The Morgan fingerprint density at radius 3 is 1.11 bits per heavy atom. The summed E-state index contributed by atoms with van der Waals surface area (Å²) in [7, 11) is 1.64. The number of hydrogen-bond donors (Lipinski definition) is 0. The molecular weight excluding hydrogens is 739 g/mol. The van der Waals surface area contributed by atoms with E-state index in [1.54, 1.807) is 0 Å². The zero-order valence-corrected chi connectivity index (χ0v) is 36.4. The molecule has 0 amide bonds. The van der Waals surface area contributed by atoms with Gasteiger partial charge < -0.3 is 44.1 Å². The predicted molar refractivity (Wildman–Crippen MR) is 149 cm³/mol. The van der Waals surface area contributed by atoms with E-state index in [-0.39, 0.29) is 58.4 Å². The molecular formula is C24H34O4P2S4Zn3+2. The third-order valence-corrected chi connectivity index (χ3v) is 10.4. The Balaban J connectivity index is -0.000000578. The van der Waals surface area contributed by atoms with Gasteiger partial charge in [0.2, 0.25) is 9.79 Å². The zero-order chi connectivity index (χ0) is 25.8. The van der Waals surface area contributed by atoms with E-state index in [1.165, 1.54) is 11.1 Å². The number of benzene rings is 2. The minimum absolute atomic E-state index is 0. The van der Waals surface area contributed by atoms with Gasteiger partial charge in [-0.2, -0.15) is 0 Å². The van der Waals surface area contributed by atoms with Gasteiger partial charge in [0.05, 0.1) is 0 Å². The van der Waals surface area contributed by atoms with Crippen LogP contribution in [0, 0.1) is 0 Å². The molecule has 0 atom stereocenters. The van der Waals surface area contributed by atoms with Gasteiger partial charge in [0.15, 0.2) is 0 Å². The molecule has 0 radical (unpaired) electrons. The van der Waals surface area contributed by atoms with Crippen molar-refractivity contribution in [1.29, 1.82) is 0 Å². The Morgan fingerprint density at radius 2 is 0.865 bits per heavy atom. The van der Waals surface area contributed by atoms with Crippen LogP contribution in [0.15, 0.2) is 46.2 Å². The molecule has 2 aromatic rings. The molecule has 0 saturated heterocycles. The summed E-state index contributed by atoms with van der Waals surface area (Å²) in [4.78, 5) is 46.5. The first-order valence-corrected chi connectivity index (χ1v) is 19.7. The Labute approximate surface area is 280 Å². The summed E-state index contributed by atoms with van der Waals surface area (Å²) in [6.07, 6.45) is 7.95. The molecule has 0 N–H and O–H groups in total. The Morgan fingerprint density at radius 1 is 0.568 bits per heavy atom. The zero-order valence-electron chi connectivity index (χ0n) is 22.4. The van der Waals surface area contributed by atoms with Gasteiger partial charge in [0.25, 0.3) is 0 Å². The minimum atomic E-state index is -3.73. The maximum atomic E-state index is 11.2. The van der Waals surface area contributed by atoms with E-state index in [0.29, 0.717) is 0 Å². The van der Waals surface area contributed by atoms with E-state index >= 15 is 0 Å². The first-order chi connectivity index (χ1) is 16.0. The summed E-state index contributed by atoms with van der Waals surface area (Å²) >= 11 is 8.96. The smallest absolute Gasteiger partial charge is 0.815 e. The van der Waals surface area contributed by atoms with Crippen LogP contribution in [0.1, 0.15) is 75.6 Å². The van der Waals surface area contributed by atoms with Gasteiger partial charge in [-0.05, 0) is 36.8 Å². The third-order valence-electron chi connectivity index (χ3n) is 4.92. The van der Waals surface area contributed by atoms with Crippen LogP contribution in [-0.4, -0.2) is 0 Å². The summed E-state index contributed by atoms with van der Waals surface area (Å²) in [5, 5.41) is 0. The van der Waals surface area contributed by atoms with Crippen LogP contribution in [0.4, 0.5) is 0 Å². The van der Waals surface area contributed by atoms with Gasteiger partial charge >= 0.3 is 58.4 Å². The molecule has 2 aromatic carbocycles. The third kappa shape index (κ3) is 18.3. The second-order valence-electron chi connectivity index (χ2n) is 7.86. The van der Waals surface area contributed by atoms with Gasteiger partial charge in [-0.1, -0.05) is 77.6 Å². The molecule has 0 bridgehead atoms. The second-order valence-corrected chi connectivity index (χ2v) is 19.1. The van der Waals surface area contributed by atoms with Crippen LogP contribution < -0.4 is 19.6 Å².